The molecule has 0 bridgehead atoms. The van der Waals surface area contributed by atoms with Gasteiger partial charge < -0.3 is 19.3 Å². The molecule has 2 aliphatic rings. The SMILES string of the molecule is O=CCN1CC(C(=O)N2CCCCC2)Oc2ccccc21. The van der Waals surface area contributed by atoms with Gasteiger partial charge >= 0.3 is 0 Å². The maximum absolute atomic E-state index is 12.6. The minimum absolute atomic E-state index is 0.0418. The summed E-state index contributed by atoms with van der Waals surface area (Å²) in [6, 6.07) is 7.56. The summed E-state index contributed by atoms with van der Waals surface area (Å²) in [4.78, 5) is 27.3. The number of aldehydes is 1. The van der Waals surface area contributed by atoms with Crippen molar-refractivity contribution in [1.29, 1.82) is 0 Å². The van der Waals surface area contributed by atoms with Crippen molar-refractivity contribution < 1.29 is 14.3 Å². The van der Waals surface area contributed by atoms with Crippen LogP contribution in [-0.4, -0.2) is 49.4 Å². The second-order valence-corrected chi connectivity index (χ2v) is 5.53. The molecule has 1 unspecified atom stereocenters. The van der Waals surface area contributed by atoms with Gasteiger partial charge in [0.25, 0.3) is 5.91 Å². The van der Waals surface area contributed by atoms with Crippen LogP contribution in [0, 0.1) is 0 Å². The Morgan fingerprint density at radius 1 is 1.24 bits per heavy atom. The molecular weight excluding hydrogens is 268 g/mol. The van der Waals surface area contributed by atoms with Crippen LogP contribution in [0.25, 0.3) is 0 Å². The van der Waals surface area contributed by atoms with E-state index in [4.69, 9.17) is 4.74 Å². The number of rotatable bonds is 3. The molecule has 0 N–H and O–H groups in total. The van der Waals surface area contributed by atoms with Crippen molar-refractivity contribution in [3.05, 3.63) is 24.3 Å². The number of carbonyl (C=O) groups excluding carboxylic acids is 2. The highest BCUT2D eigenvalue weighted by Gasteiger charge is 2.33. The summed E-state index contributed by atoms with van der Waals surface area (Å²) in [6.07, 6.45) is 3.66. The molecule has 5 heteroatoms. The molecule has 1 saturated heterocycles. The Balaban J connectivity index is 1.78. The van der Waals surface area contributed by atoms with Crippen molar-refractivity contribution in [2.45, 2.75) is 25.4 Å². The highest BCUT2D eigenvalue weighted by molar-refractivity contribution is 5.84. The molecule has 2 heterocycles. The second-order valence-electron chi connectivity index (χ2n) is 5.53. The molecule has 0 aromatic heterocycles. The third-order valence-electron chi connectivity index (χ3n) is 4.10. The molecule has 1 aromatic rings. The van der Waals surface area contributed by atoms with Gasteiger partial charge in [-0.05, 0) is 31.4 Å². The lowest BCUT2D eigenvalue weighted by Crippen LogP contribution is -2.51. The molecule has 0 aliphatic carbocycles. The average molecular weight is 288 g/mol. The van der Waals surface area contributed by atoms with Gasteiger partial charge in [-0.25, -0.2) is 0 Å². The zero-order chi connectivity index (χ0) is 14.7. The molecule has 5 nitrogen and oxygen atoms in total. The van der Waals surface area contributed by atoms with E-state index in [0.717, 1.165) is 37.9 Å². The van der Waals surface area contributed by atoms with E-state index in [1.165, 1.54) is 6.42 Å². The van der Waals surface area contributed by atoms with E-state index < -0.39 is 6.10 Å². The Hall–Kier alpha value is -2.04. The fourth-order valence-electron chi connectivity index (χ4n) is 3.02. The minimum atomic E-state index is -0.516. The molecule has 1 aromatic carbocycles. The summed E-state index contributed by atoms with van der Waals surface area (Å²) in [5, 5.41) is 0. The van der Waals surface area contributed by atoms with Crippen molar-refractivity contribution in [3.63, 3.8) is 0 Å². The van der Waals surface area contributed by atoms with Crippen molar-refractivity contribution in [2.24, 2.45) is 0 Å². The van der Waals surface area contributed by atoms with Gasteiger partial charge in [0.05, 0.1) is 18.8 Å². The first kappa shape index (κ1) is 13.9. The fourth-order valence-corrected chi connectivity index (χ4v) is 3.02. The highest BCUT2D eigenvalue weighted by atomic mass is 16.5. The fraction of sp³-hybridized carbons (Fsp3) is 0.500. The molecule has 0 saturated carbocycles. The topological polar surface area (TPSA) is 49.9 Å². The van der Waals surface area contributed by atoms with E-state index in [-0.39, 0.29) is 12.5 Å². The number of carbonyl (C=O) groups is 2. The number of hydrogen-bond donors (Lipinski definition) is 0. The van der Waals surface area contributed by atoms with Crippen LogP contribution in [0.4, 0.5) is 5.69 Å². The summed E-state index contributed by atoms with van der Waals surface area (Å²) < 4.78 is 5.87. The number of ether oxygens (including phenoxy) is 1. The van der Waals surface area contributed by atoms with Crippen molar-refractivity contribution in [3.8, 4) is 5.75 Å². The standard InChI is InChI=1S/C16H20N2O3/c19-11-10-18-12-15(16(20)17-8-4-1-5-9-17)21-14-7-3-2-6-13(14)18/h2-3,6-7,11,15H,1,4-5,8-10,12H2. The van der Waals surface area contributed by atoms with Gasteiger partial charge in [-0.15, -0.1) is 0 Å². The first-order valence-electron chi connectivity index (χ1n) is 7.52. The molecule has 0 radical (unpaired) electrons. The van der Waals surface area contributed by atoms with Crippen LogP contribution in [0.15, 0.2) is 24.3 Å². The summed E-state index contributed by atoms with van der Waals surface area (Å²) in [7, 11) is 0. The summed E-state index contributed by atoms with van der Waals surface area (Å²) in [5.41, 5.74) is 0.882. The molecular formula is C16H20N2O3. The lowest BCUT2D eigenvalue weighted by atomic mass is 10.1. The number of fused-ring (bicyclic) bond motifs is 1. The van der Waals surface area contributed by atoms with Gasteiger partial charge in [-0.1, -0.05) is 12.1 Å². The van der Waals surface area contributed by atoms with Gasteiger partial charge in [0, 0.05) is 13.1 Å². The van der Waals surface area contributed by atoms with E-state index in [2.05, 4.69) is 0 Å². The van der Waals surface area contributed by atoms with Gasteiger partial charge in [-0.3, -0.25) is 4.79 Å². The predicted octanol–water partition coefficient (Wildman–Crippen LogP) is 1.47. The monoisotopic (exact) mass is 288 g/mol. The van der Waals surface area contributed by atoms with Crippen molar-refractivity contribution in [2.75, 3.05) is 31.1 Å². The van der Waals surface area contributed by atoms with Crippen LogP contribution in [0.2, 0.25) is 0 Å². The van der Waals surface area contributed by atoms with E-state index in [1.807, 2.05) is 34.1 Å². The third kappa shape index (κ3) is 2.86. The number of anilines is 1. The zero-order valence-corrected chi connectivity index (χ0v) is 12.0. The van der Waals surface area contributed by atoms with E-state index in [9.17, 15) is 9.59 Å². The van der Waals surface area contributed by atoms with E-state index in [0.29, 0.717) is 12.3 Å². The largest absolute Gasteiger partial charge is 0.477 e. The molecule has 112 valence electrons. The number of hydrogen-bond acceptors (Lipinski definition) is 4. The summed E-state index contributed by atoms with van der Waals surface area (Å²) in [6.45, 7) is 2.34. The van der Waals surface area contributed by atoms with E-state index >= 15 is 0 Å². The van der Waals surface area contributed by atoms with Crippen molar-refractivity contribution in [1.82, 2.24) is 4.90 Å². The number of likely N-dealkylation sites (tertiary alicyclic amines) is 1. The predicted molar refractivity (Wildman–Crippen MR) is 79.6 cm³/mol. The number of benzene rings is 1. The first-order chi connectivity index (χ1) is 10.3. The normalized spacial score (nSPS) is 21.4. The maximum atomic E-state index is 12.6. The number of piperidine rings is 1. The smallest absolute Gasteiger partial charge is 0.265 e. The Kier molecular flexibility index (Phi) is 4.08. The lowest BCUT2D eigenvalue weighted by molar-refractivity contribution is -0.139. The Morgan fingerprint density at radius 2 is 2.00 bits per heavy atom. The Labute approximate surface area is 124 Å². The molecule has 1 atom stereocenters. The van der Waals surface area contributed by atoms with Gasteiger partial charge in [0.15, 0.2) is 6.10 Å². The number of para-hydroxylation sites is 2. The second kappa shape index (κ2) is 6.16. The molecule has 1 fully saturated rings. The number of nitrogens with zero attached hydrogens (tertiary/aromatic N) is 2. The average Bonchev–Trinajstić information content (AvgIpc) is 2.55. The summed E-state index contributed by atoms with van der Waals surface area (Å²) >= 11 is 0. The third-order valence-corrected chi connectivity index (χ3v) is 4.10. The minimum Gasteiger partial charge on any atom is -0.477 e. The van der Waals surface area contributed by atoms with Gasteiger partial charge in [0.2, 0.25) is 0 Å². The molecule has 2 aliphatic heterocycles. The Bertz CT molecular complexity index is 526. The molecule has 21 heavy (non-hydrogen) atoms. The molecule has 0 spiro atoms. The van der Waals surface area contributed by atoms with Crippen LogP contribution < -0.4 is 9.64 Å². The van der Waals surface area contributed by atoms with Crippen LogP contribution >= 0.6 is 0 Å². The van der Waals surface area contributed by atoms with Crippen LogP contribution in [0.5, 0.6) is 5.75 Å². The zero-order valence-electron chi connectivity index (χ0n) is 12.0. The van der Waals surface area contributed by atoms with Crippen LogP contribution in [0.3, 0.4) is 0 Å². The summed E-state index contributed by atoms with van der Waals surface area (Å²) in [5.74, 6) is 0.723. The van der Waals surface area contributed by atoms with Crippen LogP contribution in [-0.2, 0) is 9.59 Å². The van der Waals surface area contributed by atoms with Crippen molar-refractivity contribution >= 4 is 17.9 Å². The lowest BCUT2D eigenvalue weighted by Gasteiger charge is -2.37. The highest BCUT2D eigenvalue weighted by Crippen LogP contribution is 2.33. The molecule has 1 amide bonds. The van der Waals surface area contributed by atoms with Gasteiger partial charge in [-0.2, -0.15) is 0 Å². The Morgan fingerprint density at radius 3 is 2.76 bits per heavy atom. The quantitative estimate of drug-likeness (QED) is 0.790. The van der Waals surface area contributed by atoms with E-state index in [1.54, 1.807) is 0 Å². The molecule has 3 rings (SSSR count). The van der Waals surface area contributed by atoms with Gasteiger partial charge in [0.1, 0.15) is 12.0 Å². The maximum Gasteiger partial charge on any atom is 0.265 e. The first-order valence-corrected chi connectivity index (χ1v) is 7.52. The van der Waals surface area contributed by atoms with Crippen LogP contribution in [0.1, 0.15) is 19.3 Å². The number of amides is 1.